The van der Waals surface area contributed by atoms with Crippen molar-refractivity contribution in [3.63, 3.8) is 0 Å². The number of aliphatic hydroxyl groups excluding tert-OH is 2. The van der Waals surface area contributed by atoms with Crippen LogP contribution in [0.4, 0.5) is 0 Å². The van der Waals surface area contributed by atoms with Gasteiger partial charge in [0.05, 0.1) is 18.2 Å². The van der Waals surface area contributed by atoms with E-state index >= 15 is 0 Å². The van der Waals surface area contributed by atoms with Crippen molar-refractivity contribution in [2.75, 3.05) is 6.61 Å². The Morgan fingerprint density at radius 3 is 1.94 bits per heavy atom. The summed E-state index contributed by atoms with van der Waals surface area (Å²) in [5.41, 5.74) is 9.16. The average molecular weight is 470 g/mol. The predicted molar refractivity (Wildman–Crippen MR) is 137 cm³/mol. The molecule has 0 heterocycles. The Morgan fingerprint density at radius 2 is 1.48 bits per heavy atom. The van der Waals surface area contributed by atoms with Crippen molar-refractivity contribution >= 4 is 18.7 Å². The van der Waals surface area contributed by atoms with Crippen LogP contribution < -0.4 is 10.4 Å². The molecule has 3 atom stereocenters. The summed E-state index contributed by atoms with van der Waals surface area (Å²) in [6, 6.07) is 19.5. The standard InChI is InChI=1S/C26H39N3O3Si/c1-5-6-7-14-19-24(30)25(31)23(28-29-27)20-32-33(26(2,3)4,21-15-10-8-11-16-21)22-17-12-9-13-18-22/h8-13,15-18,23-25,30-31H,5-7,14,19-20H2,1-4H3/t23-,24+,25-/m0/s1. The normalized spacial score (nSPS) is 14.8. The maximum Gasteiger partial charge on any atom is 0.261 e. The first-order chi connectivity index (χ1) is 15.8. The molecular weight excluding hydrogens is 430 g/mol. The Hall–Kier alpha value is -2.15. The first kappa shape index (κ1) is 27.1. The lowest BCUT2D eigenvalue weighted by atomic mass is 10.0. The van der Waals surface area contributed by atoms with Gasteiger partial charge in [0.2, 0.25) is 0 Å². The zero-order chi connectivity index (χ0) is 24.3. The van der Waals surface area contributed by atoms with E-state index < -0.39 is 26.6 Å². The van der Waals surface area contributed by atoms with E-state index in [-0.39, 0.29) is 11.6 Å². The van der Waals surface area contributed by atoms with Gasteiger partial charge in [-0.25, -0.2) is 0 Å². The van der Waals surface area contributed by atoms with Crippen molar-refractivity contribution < 1.29 is 14.6 Å². The van der Waals surface area contributed by atoms with Gasteiger partial charge in [-0.1, -0.05) is 119 Å². The lowest BCUT2D eigenvalue weighted by Crippen LogP contribution is -2.67. The summed E-state index contributed by atoms with van der Waals surface area (Å²) in [7, 11) is -2.83. The predicted octanol–water partition coefficient (Wildman–Crippen LogP) is 4.93. The minimum Gasteiger partial charge on any atom is -0.407 e. The van der Waals surface area contributed by atoms with Crippen LogP contribution in [0.1, 0.15) is 59.8 Å². The van der Waals surface area contributed by atoms with Crippen molar-refractivity contribution in [1.29, 1.82) is 0 Å². The number of azide groups is 1. The Kier molecular flexibility index (Phi) is 10.6. The van der Waals surface area contributed by atoms with Crippen LogP contribution >= 0.6 is 0 Å². The molecule has 33 heavy (non-hydrogen) atoms. The number of rotatable bonds is 13. The van der Waals surface area contributed by atoms with E-state index in [0.717, 1.165) is 36.1 Å². The number of hydrogen-bond donors (Lipinski definition) is 2. The molecule has 0 aliphatic heterocycles. The first-order valence-electron chi connectivity index (χ1n) is 11.9. The molecule has 0 fully saturated rings. The molecule has 7 heteroatoms. The second kappa shape index (κ2) is 12.9. The summed E-state index contributed by atoms with van der Waals surface area (Å²) in [4.78, 5) is 2.95. The van der Waals surface area contributed by atoms with E-state index in [1.807, 2.05) is 36.4 Å². The van der Waals surface area contributed by atoms with Crippen molar-refractivity contribution in [2.45, 2.75) is 83.1 Å². The third-order valence-corrected chi connectivity index (χ3v) is 11.2. The molecule has 0 radical (unpaired) electrons. The second-order valence-electron chi connectivity index (χ2n) is 9.65. The van der Waals surface area contributed by atoms with Gasteiger partial charge in [-0.3, -0.25) is 0 Å². The Labute approximate surface area is 199 Å². The van der Waals surface area contributed by atoms with E-state index in [1.54, 1.807) is 0 Å². The maximum absolute atomic E-state index is 10.8. The number of aliphatic hydroxyl groups is 2. The number of hydrogen-bond acceptors (Lipinski definition) is 4. The highest BCUT2D eigenvalue weighted by molar-refractivity contribution is 6.99. The van der Waals surface area contributed by atoms with Crippen LogP contribution in [0.2, 0.25) is 5.04 Å². The van der Waals surface area contributed by atoms with Gasteiger partial charge in [-0.15, -0.1) is 0 Å². The summed E-state index contributed by atoms with van der Waals surface area (Å²) in [5, 5.41) is 27.2. The summed E-state index contributed by atoms with van der Waals surface area (Å²) < 4.78 is 6.80. The Morgan fingerprint density at radius 1 is 0.939 bits per heavy atom. The molecular formula is C26H39N3O3Si. The van der Waals surface area contributed by atoms with E-state index in [2.05, 4.69) is 62.0 Å². The van der Waals surface area contributed by atoms with Crippen LogP contribution in [-0.4, -0.2) is 43.4 Å². The van der Waals surface area contributed by atoms with Crippen LogP contribution in [0.5, 0.6) is 0 Å². The maximum atomic E-state index is 10.8. The molecule has 0 unspecified atom stereocenters. The van der Waals surface area contributed by atoms with Crippen molar-refractivity contribution in [3.05, 3.63) is 71.1 Å². The summed E-state index contributed by atoms with van der Waals surface area (Å²) in [5.74, 6) is 0. The highest BCUT2D eigenvalue weighted by Gasteiger charge is 2.50. The summed E-state index contributed by atoms with van der Waals surface area (Å²) in [6.45, 7) is 8.66. The third-order valence-electron chi connectivity index (χ3n) is 6.23. The fraction of sp³-hybridized carbons (Fsp3) is 0.538. The molecule has 2 N–H and O–H groups in total. The molecule has 0 amide bonds. The van der Waals surface area contributed by atoms with Gasteiger partial charge in [0.1, 0.15) is 0 Å². The molecule has 0 saturated heterocycles. The lowest BCUT2D eigenvalue weighted by molar-refractivity contribution is -0.0106. The van der Waals surface area contributed by atoms with Crippen LogP contribution in [0.3, 0.4) is 0 Å². The number of unbranched alkanes of at least 4 members (excludes halogenated alkanes) is 3. The van der Waals surface area contributed by atoms with Gasteiger partial charge in [0, 0.05) is 11.5 Å². The minimum atomic E-state index is -2.83. The van der Waals surface area contributed by atoms with Crippen LogP contribution in [0, 0.1) is 0 Å². The van der Waals surface area contributed by atoms with Crippen LogP contribution in [0.15, 0.2) is 65.8 Å². The second-order valence-corrected chi connectivity index (χ2v) is 14.0. The van der Waals surface area contributed by atoms with Gasteiger partial charge in [0.15, 0.2) is 0 Å². The van der Waals surface area contributed by atoms with Gasteiger partial charge >= 0.3 is 0 Å². The largest absolute Gasteiger partial charge is 0.407 e. The first-order valence-corrected chi connectivity index (χ1v) is 13.8. The van der Waals surface area contributed by atoms with Crippen molar-refractivity contribution in [3.8, 4) is 0 Å². The fourth-order valence-electron chi connectivity index (χ4n) is 4.45. The zero-order valence-electron chi connectivity index (χ0n) is 20.4. The van der Waals surface area contributed by atoms with Gasteiger partial charge in [-0.2, -0.15) is 0 Å². The molecule has 2 aromatic rings. The van der Waals surface area contributed by atoms with Gasteiger partial charge < -0.3 is 14.6 Å². The average Bonchev–Trinajstić information content (AvgIpc) is 2.81. The SMILES string of the molecule is CCCCCC[C@@H](O)[C@@H](O)[C@H](CO[Si](c1ccccc1)(c1ccccc1)C(C)(C)C)N=[N+]=[N-]. The molecule has 2 rings (SSSR count). The molecule has 0 spiro atoms. The molecule has 0 bridgehead atoms. The van der Waals surface area contributed by atoms with E-state index in [0.29, 0.717) is 6.42 Å². The quantitative estimate of drug-likeness (QED) is 0.143. The molecule has 0 saturated carbocycles. The Bertz CT molecular complexity index is 828. The van der Waals surface area contributed by atoms with Crippen LogP contribution in [-0.2, 0) is 4.43 Å². The molecule has 6 nitrogen and oxygen atoms in total. The molecule has 0 aromatic heterocycles. The molecule has 2 aromatic carbocycles. The topological polar surface area (TPSA) is 98.5 Å². The van der Waals surface area contributed by atoms with Crippen molar-refractivity contribution in [1.82, 2.24) is 0 Å². The number of nitrogens with zero attached hydrogens (tertiary/aromatic N) is 3. The van der Waals surface area contributed by atoms with E-state index in [9.17, 15) is 10.2 Å². The third kappa shape index (κ3) is 6.92. The molecule has 180 valence electrons. The van der Waals surface area contributed by atoms with E-state index in [4.69, 9.17) is 9.96 Å². The van der Waals surface area contributed by atoms with Crippen molar-refractivity contribution in [2.24, 2.45) is 5.11 Å². The smallest absolute Gasteiger partial charge is 0.261 e. The van der Waals surface area contributed by atoms with Gasteiger partial charge in [0.25, 0.3) is 8.32 Å². The monoisotopic (exact) mass is 469 g/mol. The zero-order valence-corrected chi connectivity index (χ0v) is 21.4. The van der Waals surface area contributed by atoms with Gasteiger partial charge in [-0.05, 0) is 27.4 Å². The summed E-state index contributed by atoms with van der Waals surface area (Å²) in [6.07, 6.45) is 2.36. The minimum absolute atomic E-state index is 0.0323. The van der Waals surface area contributed by atoms with E-state index in [1.165, 1.54) is 0 Å². The highest BCUT2D eigenvalue weighted by Crippen LogP contribution is 2.37. The number of benzene rings is 2. The highest BCUT2D eigenvalue weighted by atomic mass is 28.4. The lowest BCUT2D eigenvalue weighted by Gasteiger charge is -2.43. The fourth-order valence-corrected chi connectivity index (χ4v) is 9.02. The Balaban J connectivity index is 2.36. The molecule has 0 aliphatic rings. The molecule has 0 aliphatic carbocycles. The van der Waals surface area contributed by atoms with Crippen LogP contribution in [0.25, 0.3) is 10.4 Å². The summed E-state index contributed by atoms with van der Waals surface area (Å²) >= 11 is 0.